The van der Waals surface area contributed by atoms with Crippen LogP contribution in [0.4, 0.5) is 20.6 Å². The normalized spacial score (nSPS) is 14.1. The molecule has 0 unspecified atom stereocenters. The number of carbonyl (C=O) groups is 3. The van der Waals surface area contributed by atoms with Gasteiger partial charge in [-0.05, 0) is 73.2 Å². The largest absolute Gasteiger partial charge is 0.490 e. The highest BCUT2D eigenvalue weighted by molar-refractivity contribution is 6.33. The van der Waals surface area contributed by atoms with Gasteiger partial charge in [-0.2, -0.15) is 0 Å². The molecule has 11 heteroatoms. The highest BCUT2D eigenvalue weighted by Gasteiger charge is 2.35. The molecule has 0 saturated carbocycles. The van der Waals surface area contributed by atoms with E-state index in [1.807, 2.05) is 0 Å². The lowest BCUT2D eigenvalue weighted by atomic mass is 10.1. The van der Waals surface area contributed by atoms with Crippen LogP contribution in [0.1, 0.15) is 12.5 Å². The number of imide groups is 1. The molecule has 1 heterocycles. The molecule has 190 valence electrons. The standard InChI is InChI=1S/C26H20Cl2FN3O5/c1-2-36-22-12-15(11-21-25(34)32(26(35)31-21)19-5-3-4-16(27)13-19)10-20(28)24(22)37-14-23(33)30-18-8-6-17(29)7-9-18/h3-13H,2,14H2,1H3,(H,30,33)(H,31,35)/b21-11+. The molecule has 0 bridgehead atoms. The molecule has 0 radical (unpaired) electrons. The molecule has 4 rings (SSSR count). The second-order valence-corrected chi connectivity index (χ2v) is 8.56. The van der Waals surface area contributed by atoms with Crippen LogP contribution in [0, 0.1) is 5.82 Å². The molecule has 8 nitrogen and oxygen atoms in total. The third kappa shape index (κ3) is 6.19. The number of ether oxygens (including phenoxy) is 2. The van der Waals surface area contributed by atoms with Crippen LogP contribution in [0.25, 0.3) is 6.08 Å². The van der Waals surface area contributed by atoms with Crippen molar-refractivity contribution in [1.82, 2.24) is 5.32 Å². The van der Waals surface area contributed by atoms with E-state index in [2.05, 4.69) is 10.6 Å². The van der Waals surface area contributed by atoms with Crippen LogP contribution in [0.5, 0.6) is 11.5 Å². The summed E-state index contributed by atoms with van der Waals surface area (Å²) < 4.78 is 24.3. The van der Waals surface area contributed by atoms with Crippen molar-refractivity contribution in [3.8, 4) is 11.5 Å². The minimum atomic E-state index is -0.623. The number of halogens is 3. The molecule has 0 spiro atoms. The van der Waals surface area contributed by atoms with Crippen molar-refractivity contribution < 1.29 is 28.2 Å². The third-order valence-electron chi connectivity index (χ3n) is 5.06. The van der Waals surface area contributed by atoms with Crippen LogP contribution in [0.15, 0.2) is 66.4 Å². The zero-order chi connectivity index (χ0) is 26.5. The van der Waals surface area contributed by atoms with Gasteiger partial charge in [0.1, 0.15) is 11.5 Å². The Morgan fingerprint density at radius 3 is 2.54 bits per heavy atom. The van der Waals surface area contributed by atoms with Gasteiger partial charge in [0, 0.05) is 10.7 Å². The van der Waals surface area contributed by atoms with Gasteiger partial charge in [0.25, 0.3) is 11.8 Å². The molecule has 1 aliphatic heterocycles. The Morgan fingerprint density at radius 1 is 1.08 bits per heavy atom. The third-order valence-corrected chi connectivity index (χ3v) is 5.58. The Hall–Kier alpha value is -4.08. The Balaban J connectivity index is 1.52. The smallest absolute Gasteiger partial charge is 0.333 e. The van der Waals surface area contributed by atoms with Crippen LogP contribution in [-0.4, -0.2) is 31.1 Å². The minimum Gasteiger partial charge on any atom is -0.490 e. The van der Waals surface area contributed by atoms with Gasteiger partial charge in [-0.1, -0.05) is 29.3 Å². The second kappa shape index (κ2) is 11.3. The first-order valence-corrected chi connectivity index (χ1v) is 11.8. The Kier molecular flexibility index (Phi) is 7.95. The van der Waals surface area contributed by atoms with Gasteiger partial charge in [0.2, 0.25) is 0 Å². The Bertz CT molecular complexity index is 1400. The van der Waals surface area contributed by atoms with Gasteiger partial charge in [-0.25, -0.2) is 14.1 Å². The zero-order valence-corrected chi connectivity index (χ0v) is 20.9. The number of amides is 4. The predicted molar refractivity (Wildman–Crippen MR) is 139 cm³/mol. The van der Waals surface area contributed by atoms with Gasteiger partial charge in [-0.15, -0.1) is 0 Å². The summed E-state index contributed by atoms with van der Waals surface area (Å²) in [7, 11) is 0. The summed E-state index contributed by atoms with van der Waals surface area (Å²) in [6.45, 7) is 1.64. The van der Waals surface area contributed by atoms with E-state index in [9.17, 15) is 18.8 Å². The first-order chi connectivity index (χ1) is 17.7. The van der Waals surface area contributed by atoms with Crippen molar-refractivity contribution >= 4 is 58.5 Å². The van der Waals surface area contributed by atoms with Crippen LogP contribution in [-0.2, 0) is 9.59 Å². The number of carbonyl (C=O) groups excluding carboxylic acids is 3. The molecule has 3 aromatic rings. The topological polar surface area (TPSA) is 97.0 Å². The Labute approximate surface area is 221 Å². The molecular weight excluding hydrogens is 524 g/mol. The maximum Gasteiger partial charge on any atom is 0.333 e. The number of nitrogens with zero attached hydrogens (tertiary/aromatic N) is 1. The summed E-state index contributed by atoms with van der Waals surface area (Å²) >= 11 is 12.4. The van der Waals surface area contributed by atoms with Crippen molar-refractivity contribution in [2.75, 3.05) is 23.4 Å². The zero-order valence-electron chi connectivity index (χ0n) is 19.4. The highest BCUT2D eigenvalue weighted by Crippen LogP contribution is 2.37. The SMILES string of the molecule is CCOc1cc(/C=C2/NC(=O)N(c3cccc(Cl)c3)C2=O)cc(Cl)c1OCC(=O)Nc1ccc(F)cc1. The number of urea groups is 1. The van der Waals surface area contributed by atoms with E-state index in [-0.39, 0.29) is 35.4 Å². The fraction of sp³-hybridized carbons (Fsp3) is 0.115. The van der Waals surface area contributed by atoms with Crippen molar-refractivity contribution in [2.45, 2.75) is 6.92 Å². The molecule has 2 N–H and O–H groups in total. The summed E-state index contributed by atoms with van der Waals surface area (Å²) in [6, 6.07) is 14.1. The molecule has 4 amide bonds. The molecule has 0 aliphatic carbocycles. The Morgan fingerprint density at radius 2 is 1.84 bits per heavy atom. The van der Waals surface area contributed by atoms with E-state index < -0.39 is 23.7 Å². The lowest BCUT2D eigenvalue weighted by Crippen LogP contribution is -2.30. The monoisotopic (exact) mass is 543 g/mol. The van der Waals surface area contributed by atoms with Crippen molar-refractivity contribution in [1.29, 1.82) is 0 Å². The summed E-state index contributed by atoms with van der Waals surface area (Å²) in [6.07, 6.45) is 1.45. The molecule has 3 aromatic carbocycles. The summed E-state index contributed by atoms with van der Waals surface area (Å²) in [4.78, 5) is 38.6. The summed E-state index contributed by atoms with van der Waals surface area (Å²) in [5.74, 6) is -1.12. The van der Waals surface area contributed by atoms with E-state index in [4.69, 9.17) is 32.7 Å². The quantitative estimate of drug-likeness (QED) is 0.283. The first-order valence-electron chi connectivity index (χ1n) is 11.0. The van der Waals surface area contributed by atoms with E-state index in [0.29, 0.717) is 22.0 Å². The number of rotatable bonds is 8. The fourth-order valence-corrected chi connectivity index (χ4v) is 3.95. The van der Waals surface area contributed by atoms with Crippen molar-refractivity contribution in [2.24, 2.45) is 0 Å². The molecule has 0 atom stereocenters. The maximum atomic E-state index is 13.1. The van der Waals surface area contributed by atoms with Crippen LogP contribution in [0.2, 0.25) is 10.0 Å². The number of hydrogen-bond acceptors (Lipinski definition) is 5. The molecule has 1 aliphatic rings. The summed E-state index contributed by atoms with van der Waals surface area (Å²) in [5, 5.41) is 5.62. The van der Waals surface area contributed by atoms with Crippen LogP contribution < -0.4 is 25.0 Å². The first kappa shape index (κ1) is 26.0. The average Bonchev–Trinajstić information content (AvgIpc) is 3.12. The number of benzene rings is 3. The van der Waals surface area contributed by atoms with Gasteiger partial charge in [0.15, 0.2) is 18.1 Å². The van der Waals surface area contributed by atoms with Gasteiger partial charge in [-0.3, -0.25) is 9.59 Å². The van der Waals surface area contributed by atoms with Crippen LogP contribution >= 0.6 is 23.2 Å². The second-order valence-electron chi connectivity index (χ2n) is 7.72. The number of nitrogens with one attached hydrogen (secondary N) is 2. The van der Waals surface area contributed by atoms with Crippen molar-refractivity contribution in [3.05, 3.63) is 87.8 Å². The van der Waals surface area contributed by atoms with E-state index in [0.717, 1.165) is 4.90 Å². The lowest BCUT2D eigenvalue weighted by Gasteiger charge is -2.15. The fourth-order valence-electron chi connectivity index (χ4n) is 3.49. The molecular formula is C26H20Cl2FN3O5. The van der Waals surface area contributed by atoms with E-state index in [1.54, 1.807) is 31.2 Å². The van der Waals surface area contributed by atoms with Gasteiger partial charge in [0.05, 0.1) is 17.3 Å². The van der Waals surface area contributed by atoms with E-state index >= 15 is 0 Å². The molecule has 1 saturated heterocycles. The summed E-state index contributed by atoms with van der Waals surface area (Å²) in [5.41, 5.74) is 1.21. The van der Waals surface area contributed by atoms with Crippen LogP contribution in [0.3, 0.4) is 0 Å². The highest BCUT2D eigenvalue weighted by atomic mass is 35.5. The minimum absolute atomic E-state index is 0.0239. The van der Waals surface area contributed by atoms with Gasteiger partial charge < -0.3 is 20.1 Å². The molecule has 1 fully saturated rings. The molecule has 0 aromatic heterocycles. The average molecular weight is 544 g/mol. The maximum absolute atomic E-state index is 13.1. The van der Waals surface area contributed by atoms with Crippen molar-refractivity contribution in [3.63, 3.8) is 0 Å². The number of hydrogen-bond donors (Lipinski definition) is 2. The predicted octanol–water partition coefficient (Wildman–Crippen LogP) is 5.65. The number of anilines is 2. The lowest BCUT2D eigenvalue weighted by molar-refractivity contribution is -0.118. The van der Waals surface area contributed by atoms with E-state index in [1.165, 1.54) is 42.5 Å². The molecule has 37 heavy (non-hydrogen) atoms. The van der Waals surface area contributed by atoms with Gasteiger partial charge >= 0.3 is 6.03 Å².